The van der Waals surface area contributed by atoms with E-state index in [0.717, 1.165) is 4.48 Å². The lowest BCUT2D eigenvalue weighted by Gasteiger charge is -2.22. The molecule has 0 spiro atoms. The van der Waals surface area contributed by atoms with Gasteiger partial charge < -0.3 is 9.90 Å². The minimum Gasteiger partial charge on any atom is -0.550 e. The normalized spacial score (nSPS) is 10.2. The van der Waals surface area contributed by atoms with Crippen LogP contribution in [-0.2, 0) is 4.79 Å². The average Bonchev–Trinajstić information content (AvgIpc) is 2.18. The Hall–Kier alpha value is -1.35. The van der Waals surface area contributed by atoms with Gasteiger partial charge in [0.1, 0.15) is 5.69 Å². The molecule has 1 rings (SSSR count). The van der Waals surface area contributed by atoms with Crippen LogP contribution in [0, 0.1) is 0 Å². The van der Waals surface area contributed by atoms with Gasteiger partial charge in [-0.15, -0.1) is 0 Å². The first-order valence-corrected chi connectivity index (χ1v) is 5.44. The van der Waals surface area contributed by atoms with Crippen molar-refractivity contribution in [3.63, 3.8) is 0 Å². The minimum atomic E-state index is -0.961. The molecule has 0 aliphatic rings. The van der Waals surface area contributed by atoms with E-state index in [1.165, 1.54) is 5.69 Å². The molecule has 0 aliphatic heterocycles. The zero-order chi connectivity index (χ0) is 12.6. The highest BCUT2D eigenvalue weighted by atomic mass is 16.4. The van der Waals surface area contributed by atoms with Crippen molar-refractivity contribution in [2.24, 2.45) is 0 Å². The van der Waals surface area contributed by atoms with Gasteiger partial charge >= 0.3 is 0 Å². The summed E-state index contributed by atoms with van der Waals surface area (Å²) in [5.41, 5.74) is 1.34. The van der Waals surface area contributed by atoms with Crippen molar-refractivity contribution in [2.45, 2.75) is 19.8 Å². The van der Waals surface area contributed by atoms with Gasteiger partial charge in [0.05, 0.1) is 21.1 Å². The number of hydrogen-bond donors (Lipinski definition) is 0. The maximum Gasteiger partial charge on any atom is 0.132 e. The standard InChI is InChI=1S/C9H14N.C4H8O2/c1-10(2,3)9-7-5-4-6-8-9;1-2-3-4(5)6/h4-8H,1-3H3;2-3H2,1H3,(H,5,6)/q+1;/p-1. The Kier molecular flexibility index (Phi) is 6.42. The Balaban J connectivity index is 0.000000325. The number of carboxylic acid groups (broad SMARTS) is 1. The summed E-state index contributed by atoms with van der Waals surface area (Å²) in [4.78, 5) is 9.49. The van der Waals surface area contributed by atoms with Crippen molar-refractivity contribution in [3.8, 4) is 0 Å². The molecular weight excluding hydrogens is 202 g/mol. The Labute approximate surface area is 97.9 Å². The van der Waals surface area contributed by atoms with Crippen LogP contribution in [0.5, 0.6) is 0 Å². The number of para-hydroxylation sites is 1. The summed E-state index contributed by atoms with van der Waals surface area (Å²) in [6.45, 7) is 1.80. The Bertz CT molecular complexity index is 301. The summed E-state index contributed by atoms with van der Waals surface area (Å²) in [5.74, 6) is -0.961. The molecule has 1 aromatic carbocycles. The van der Waals surface area contributed by atoms with E-state index in [-0.39, 0.29) is 6.42 Å². The molecule has 0 heterocycles. The Morgan fingerprint density at radius 1 is 1.19 bits per heavy atom. The van der Waals surface area contributed by atoms with Gasteiger partial charge in [-0.3, -0.25) is 4.48 Å². The molecule has 3 nitrogen and oxygen atoms in total. The third-order valence-corrected chi connectivity index (χ3v) is 1.98. The molecule has 0 radical (unpaired) electrons. The number of benzene rings is 1. The van der Waals surface area contributed by atoms with Crippen molar-refractivity contribution in [1.82, 2.24) is 4.48 Å². The average molecular weight is 223 g/mol. The zero-order valence-electron chi connectivity index (χ0n) is 10.6. The second-order valence-corrected chi connectivity index (χ2v) is 4.47. The zero-order valence-corrected chi connectivity index (χ0v) is 10.6. The molecule has 1 aromatic rings. The number of rotatable bonds is 3. The van der Waals surface area contributed by atoms with Crippen molar-refractivity contribution >= 4 is 11.7 Å². The largest absolute Gasteiger partial charge is 0.550 e. The molecule has 0 saturated carbocycles. The van der Waals surface area contributed by atoms with E-state index in [0.29, 0.717) is 6.42 Å². The van der Waals surface area contributed by atoms with Crippen LogP contribution in [0.2, 0.25) is 0 Å². The first kappa shape index (κ1) is 14.6. The second kappa shape index (κ2) is 7.01. The number of hydrogen-bond acceptors (Lipinski definition) is 2. The highest BCUT2D eigenvalue weighted by molar-refractivity contribution is 5.63. The summed E-state index contributed by atoms with van der Waals surface area (Å²) < 4.78 is 0.890. The first-order chi connectivity index (χ1) is 7.38. The highest BCUT2D eigenvalue weighted by Crippen LogP contribution is 2.14. The lowest BCUT2D eigenvalue weighted by molar-refractivity contribution is -0.305. The molecule has 3 heteroatoms. The van der Waals surface area contributed by atoms with Crippen LogP contribution in [0.25, 0.3) is 0 Å². The molecule has 0 amide bonds. The summed E-state index contributed by atoms with van der Waals surface area (Å²) in [7, 11) is 6.49. The van der Waals surface area contributed by atoms with Gasteiger partial charge in [-0.05, 0) is 18.6 Å². The van der Waals surface area contributed by atoms with Crippen LogP contribution in [0.3, 0.4) is 0 Å². The lowest BCUT2D eigenvalue weighted by Crippen LogP contribution is -2.34. The number of carbonyl (C=O) groups excluding carboxylic acids is 1. The summed E-state index contributed by atoms with van der Waals surface area (Å²) in [6.07, 6.45) is 0.850. The topological polar surface area (TPSA) is 40.1 Å². The van der Waals surface area contributed by atoms with Crippen LogP contribution in [-0.4, -0.2) is 27.1 Å². The Morgan fingerprint density at radius 2 is 1.69 bits per heavy atom. The van der Waals surface area contributed by atoms with E-state index < -0.39 is 5.97 Å². The molecule has 0 aromatic heterocycles. The van der Waals surface area contributed by atoms with Crippen molar-refractivity contribution < 1.29 is 9.90 Å². The monoisotopic (exact) mass is 223 g/mol. The first-order valence-electron chi connectivity index (χ1n) is 5.44. The lowest BCUT2D eigenvalue weighted by atomic mass is 10.3. The molecule has 0 aliphatic carbocycles. The summed E-state index contributed by atoms with van der Waals surface area (Å²) >= 11 is 0. The van der Waals surface area contributed by atoms with Crippen molar-refractivity contribution in [3.05, 3.63) is 30.3 Å². The maximum absolute atomic E-state index is 9.49. The van der Waals surface area contributed by atoms with Crippen molar-refractivity contribution in [1.29, 1.82) is 0 Å². The van der Waals surface area contributed by atoms with Crippen LogP contribution in [0.4, 0.5) is 5.69 Å². The van der Waals surface area contributed by atoms with Gasteiger partial charge in [-0.2, -0.15) is 0 Å². The fourth-order valence-corrected chi connectivity index (χ4v) is 1.08. The number of quaternary nitrogens is 1. The molecular formula is C13H21NO2. The number of aliphatic carboxylic acids is 1. The van der Waals surface area contributed by atoms with E-state index in [4.69, 9.17) is 0 Å². The predicted octanol–water partition coefficient (Wildman–Crippen LogP) is 1.42. The molecule has 0 saturated heterocycles. The van der Waals surface area contributed by atoms with Gasteiger partial charge in [0, 0.05) is 5.97 Å². The van der Waals surface area contributed by atoms with E-state index in [2.05, 4.69) is 45.4 Å². The van der Waals surface area contributed by atoms with E-state index >= 15 is 0 Å². The predicted molar refractivity (Wildman–Crippen MR) is 65.9 cm³/mol. The molecule has 16 heavy (non-hydrogen) atoms. The fourth-order valence-electron chi connectivity index (χ4n) is 1.08. The molecule has 0 atom stereocenters. The van der Waals surface area contributed by atoms with E-state index in [1.807, 2.05) is 6.07 Å². The minimum absolute atomic E-state index is 0.181. The quantitative estimate of drug-likeness (QED) is 0.727. The molecule has 90 valence electrons. The SMILES string of the molecule is CCCC(=O)[O-].C[N+](C)(C)c1ccccc1. The van der Waals surface area contributed by atoms with Gasteiger partial charge in [0.25, 0.3) is 0 Å². The second-order valence-electron chi connectivity index (χ2n) is 4.47. The van der Waals surface area contributed by atoms with Crippen LogP contribution in [0.1, 0.15) is 19.8 Å². The van der Waals surface area contributed by atoms with Gasteiger partial charge in [-0.25, -0.2) is 0 Å². The smallest absolute Gasteiger partial charge is 0.132 e. The number of carboxylic acids is 1. The van der Waals surface area contributed by atoms with Gasteiger partial charge in [0.2, 0.25) is 0 Å². The van der Waals surface area contributed by atoms with Crippen LogP contribution >= 0.6 is 0 Å². The van der Waals surface area contributed by atoms with E-state index in [9.17, 15) is 9.90 Å². The van der Waals surface area contributed by atoms with Gasteiger partial charge in [-0.1, -0.05) is 31.5 Å². The molecule has 0 bridgehead atoms. The van der Waals surface area contributed by atoms with Crippen molar-refractivity contribution in [2.75, 3.05) is 21.1 Å². The van der Waals surface area contributed by atoms with Crippen LogP contribution in [0.15, 0.2) is 30.3 Å². The summed E-state index contributed by atoms with van der Waals surface area (Å²) in [5, 5.41) is 9.49. The fraction of sp³-hybridized carbons (Fsp3) is 0.462. The third-order valence-electron chi connectivity index (χ3n) is 1.98. The third kappa shape index (κ3) is 7.01. The maximum atomic E-state index is 9.49. The number of nitrogens with zero attached hydrogens (tertiary/aromatic N) is 1. The molecule has 0 fully saturated rings. The van der Waals surface area contributed by atoms with Gasteiger partial charge in [0.15, 0.2) is 0 Å². The number of carbonyl (C=O) groups is 1. The Morgan fingerprint density at radius 3 is 1.88 bits per heavy atom. The molecule has 0 unspecified atom stereocenters. The van der Waals surface area contributed by atoms with Crippen LogP contribution < -0.4 is 9.59 Å². The van der Waals surface area contributed by atoms with E-state index in [1.54, 1.807) is 6.92 Å². The summed E-state index contributed by atoms with van der Waals surface area (Å²) in [6, 6.07) is 10.5. The molecule has 0 N–H and O–H groups in total. The highest BCUT2D eigenvalue weighted by Gasteiger charge is 2.08.